The van der Waals surface area contributed by atoms with Gasteiger partial charge in [0, 0.05) is 5.97 Å². The molecule has 0 saturated heterocycles. The van der Waals surface area contributed by atoms with Crippen LogP contribution in [0.25, 0.3) is 10.8 Å². The molecular formula is C26H23N2O5S-. The van der Waals surface area contributed by atoms with Crippen molar-refractivity contribution in [2.45, 2.75) is 33.0 Å². The first-order chi connectivity index (χ1) is 16.6. The van der Waals surface area contributed by atoms with E-state index in [0.717, 1.165) is 27.5 Å². The number of carboxylic acids is 1. The van der Waals surface area contributed by atoms with Gasteiger partial charge >= 0.3 is 0 Å². The molecule has 174 valence electrons. The number of aromatic nitrogens is 1. The summed E-state index contributed by atoms with van der Waals surface area (Å²) in [6.45, 7) is 2.43. The second-order valence-electron chi connectivity index (χ2n) is 7.48. The summed E-state index contributed by atoms with van der Waals surface area (Å²) >= 11 is 1.58. The van der Waals surface area contributed by atoms with Crippen molar-refractivity contribution in [3.63, 3.8) is 0 Å². The van der Waals surface area contributed by atoms with Crippen LogP contribution < -0.4 is 9.84 Å². The third-order valence-electron chi connectivity index (χ3n) is 5.00. The van der Waals surface area contributed by atoms with Crippen LogP contribution in [0.3, 0.4) is 0 Å². The number of hydrogen-bond acceptors (Lipinski definition) is 8. The lowest BCUT2D eigenvalue weighted by molar-refractivity contribution is -0.305. The Hall–Kier alpha value is -3.91. The molecular weight excluding hydrogens is 452 g/mol. The van der Waals surface area contributed by atoms with E-state index in [2.05, 4.69) is 10.1 Å². The van der Waals surface area contributed by atoms with E-state index >= 15 is 0 Å². The molecule has 0 atom stereocenters. The first kappa shape index (κ1) is 23.3. The molecule has 0 spiro atoms. The van der Waals surface area contributed by atoms with Crippen molar-refractivity contribution in [3.05, 3.63) is 94.7 Å². The fraction of sp³-hybridized carbons (Fsp3) is 0.192. The molecule has 2 aromatic heterocycles. The van der Waals surface area contributed by atoms with Gasteiger partial charge in [0.1, 0.15) is 30.4 Å². The lowest BCUT2D eigenvalue weighted by atomic mass is 10.1. The molecule has 0 aliphatic rings. The lowest BCUT2D eigenvalue weighted by Crippen LogP contribution is -2.23. The molecule has 0 bridgehead atoms. The molecule has 0 saturated carbocycles. The van der Waals surface area contributed by atoms with Crippen LogP contribution in [0.4, 0.5) is 0 Å². The molecule has 2 aromatic carbocycles. The lowest BCUT2D eigenvalue weighted by Gasteiger charge is -2.09. The van der Waals surface area contributed by atoms with Crippen LogP contribution in [0.15, 0.2) is 81.7 Å². The molecule has 0 aliphatic carbocycles. The summed E-state index contributed by atoms with van der Waals surface area (Å²) in [6, 6.07) is 20.8. The average molecular weight is 476 g/mol. The summed E-state index contributed by atoms with van der Waals surface area (Å²) in [6.07, 6.45) is 0.109. The third kappa shape index (κ3) is 6.32. The van der Waals surface area contributed by atoms with E-state index < -0.39 is 5.97 Å². The maximum absolute atomic E-state index is 10.9. The van der Waals surface area contributed by atoms with Gasteiger partial charge in [-0.05, 0) is 54.5 Å². The number of hydrogen-bond donors (Lipinski definition) is 0. The number of benzene rings is 2. The monoisotopic (exact) mass is 475 g/mol. The number of oxazole rings is 1. The minimum Gasteiger partial charge on any atom is -0.550 e. The quantitative estimate of drug-likeness (QED) is 0.230. The molecule has 0 N–H and O–H groups in total. The van der Waals surface area contributed by atoms with Crippen LogP contribution >= 0.6 is 11.3 Å². The largest absolute Gasteiger partial charge is 0.550 e. The van der Waals surface area contributed by atoms with Crippen molar-refractivity contribution in [2.24, 2.45) is 5.16 Å². The highest BCUT2D eigenvalue weighted by atomic mass is 32.1. The number of thiophene rings is 1. The Morgan fingerprint density at radius 1 is 1.03 bits per heavy atom. The standard InChI is InChI=1S/C26H24N2O5S/c1-18-23(27-26(33-18)24-8-5-15-34-24)17-31-21-11-9-19(10-12-21)16-32-28-22(13-14-25(29)30)20-6-3-2-4-7-20/h2-12,15H,13-14,16-17H2,1H3,(H,29,30)/p-1/b28-22+. The van der Waals surface area contributed by atoms with Crippen molar-refractivity contribution < 1.29 is 23.9 Å². The minimum absolute atomic E-state index is 0.122. The Bertz CT molecular complexity index is 1230. The molecule has 0 radical (unpaired) electrons. The Labute approximate surface area is 201 Å². The van der Waals surface area contributed by atoms with E-state index in [1.54, 1.807) is 11.3 Å². The van der Waals surface area contributed by atoms with E-state index in [4.69, 9.17) is 14.0 Å². The first-order valence-corrected chi connectivity index (χ1v) is 11.6. The second-order valence-corrected chi connectivity index (χ2v) is 8.43. The summed E-state index contributed by atoms with van der Waals surface area (Å²) in [5.74, 6) is 0.918. The molecule has 0 aliphatic heterocycles. The molecule has 0 fully saturated rings. The average Bonchev–Trinajstić information content (AvgIpc) is 3.51. The Morgan fingerprint density at radius 2 is 1.82 bits per heavy atom. The Balaban J connectivity index is 1.32. The highest BCUT2D eigenvalue weighted by Gasteiger charge is 2.13. The van der Waals surface area contributed by atoms with Gasteiger partial charge in [0.2, 0.25) is 5.89 Å². The van der Waals surface area contributed by atoms with Crippen LogP contribution in [0.5, 0.6) is 5.75 Å². The first-order valence-electron chi connectivity index (χ1n) is 10.7. The van der Waals surface area contributed by atoms with Gasteiger partial charge in [-0.3, -0.25) is 0 Å². The maximum Gasteiger partial charge on any atom is 0.236 e. The predicted molar refractivity (Wildman–Crippen MR) is 127 cm³/mol. The number of aliphatic carboxylic acids is 1. The normalized spacial score (nSPS) is 11.4. The van der Waals surface area contributed by atoms with E-state index in [-0.39, 0.29) is 19.4 Å². The molecule has 34 heavy (non-hydrogen) atoms. The fourth-order valence-corrected chi connectivity index (χ4v) is 3.83. The van der Waals surface area contributed by atoms with Gasteiger partial charge < -0.3 is 23.9 Å². The van der Waals surface area contributed by atoms with Crippen molar-refractivity contribution in [1.82, 2.24) is 4.98 Å². The van der Waals surface area contributed by atoms with Crippen LogP contribution in [0.2, 0.25) is 0 Å². The summed E-state index contributed by atoms with van der Waals surface area (Å²) < 4.78 is 11.6. The fourth-order valence-electron chi connectivity index (χ4n) is 3.18. The molecule has 4 rings (SSSR count). The van der Waals surface area contributed by atoms with E-state index in [1.807, 2.05) is 79.0 Å². The number of ether oxygens (including phenoxy) is 1. The third-order valence-corrected chi connectivity index (χ3v) is 5.86. The van der Waals surface area contributed by atoms with Gasteiger partial charge in [0.25, 0.3) is 0 Å². The van der Waals surface area contributed by atoms with Gasteiger partial charge in [-0.25, -0.2) is 4.98 Å². The second kappa shape index (κ2) is 11.3. The molecule has 4 aromatic rings. The number of aryl methyl sites for hydroxylation is 1. The smallest absolute Gasteiger partial charge is 0.236 e. The zero-order valence-electron chi connectivity index (χ0n) is 18.6. The number of carbonyl (C=O) groups is 1. The zero-order chi connectivity index (χ0) is 23.8. The number of rotatable bonds is 11. The van der Waals surface area contributed by atoms with Gasteiger partial charge in [-0.15, -0.1) is 11.3 Å². The van der Waals surface area contributed by atoms with Crippen LogP contribution in [-0.2, 0) is 22.8 Å². The number of carboxylic acid groups (broad SMARTS) is 1. The van der Waals surface area contributed by atoms with Gasteiger partial charge in [-0.2, -0.15) is 0 Å². The van der Waals surface area contributed by atoms with Crippen LogP contribution in [0.1, 0.15) is 35.4 Å². The summed E-state index contributed by atoms with van der Waals surface area (Å²) in [7, 11) is 0. The molecule has 7 nitrogen and oxygen atoms in total. The van der Waals surface area contributed by atoms with Gasteiger partial charge in [0.15, 0.2) is 0 Å². The summed E-state index contributed by atoms with van der Waals surface area (Å²) in [5.41, 5.74) is 3.05. The minimum atomic E-state index is -1.12. The Kier molecular flexibility index (Phi) is 7.72. The SMILES string of the molecule is Cc1oc(-c2cccs2)nc1COc1ccc(CO/N=C(\CCC(=O)[O-])c2ccccc2)cc1. The maximum atomic E-state index is 10.9. The van der Waals surface area contributed by atoms with Gasteiger partial charge in [0.05, 0.1) is 10.6 Å². The summed E-state index contributed by atoms with van der Waals surface area (Å²) in [5, 5.41) is 17.0. The zero-order valence-corrected chi connectivity index (χ0v) is 19.4. The highest BCUT2D eigenvalue weighted by molar-refractivity contribution is 7.13. The van der Waals surface area contributed by atoms with Crippen molar-refractivity contribution in [3.8, 4) is 16.5 Å². The van der Waals surface area contributed by atoms with E-state index in [9.17, 15) is 9.90 Å². The van der Waals surface area contributed by atoms with Crippen LogP contribution in [-0.4, -0.2) is 16.7 Å². The number of nitrogens with zero attached hydrogens (tertiary/aromatic N) is 2. The van der Waals surface area contributed by atoms with Crippen molar-refractivity contribution in [1.29, 1.82) is 0 Å². The van der Waals surface area contributed by atoms with Crippen molar-refractivity contribution >= 4 is 23.0 Å². The van der Waals surface area contributed by atoms with Gasteiger partial charge in [-0.1, -0.05) is 53.7 Å². The molecule has 0 unspecified atom stereocenters. The summed E-state index contributed by atoms with van der Waals surface area (Å²) in [4.78, 5) is 21.9. The predicted octanol–water partition coefficient (Wildman–Crippen LogP) is 4.74. The van der Waals surface area contributed by atoms with Crippen LogP contribution in [0, 0.1) is 6.92 Å². The number of oxime groups is 1. The van der Waals surface area contributed by atoms with E-state index in [1.165, 1.54) is 0 Å². The topological polar surface area (TPSA) is 97.0 Å². The molecule has 2 heterocycles. The van der Waals surface area contributed by atoms with Crippen molar-refractivity contribution in [2.75, 3.05) is 0 Å². The Morgan fingerprint density at radius 3 is 2.53 bits per heavy atom. The molecule has 8 heteroatoms. The highest BCUT2D eigenvalue weighted by Crippen LogP contribution is 2.26. The molecule has 0 amide bonds. The van der Waals surface area contributed by atoms with E-state index in [0.29, 0.717) is 24.0 Å². The number of carbonyl (C=O) groups excluding carboxylic acids is 1.